The van der Waals surface area contributed by atoms with Gasteiger partial charge in [0, 0.05) is 43.1 Å². The average Bonchev–Trinajstić information content (AvgIpc) is 2.70. The molecular formula is C22H29N3O3. The highest BCUT2D eigenvalue weighted by Gasteiger charge is 2.08. The normalized spacial score (nSPS) is 10.3. The first-order chi connectivity index (χ1) is 13.5. The van der Waals surface area contributed by atoms with Crippen molar-refractivity contribution < 1.29 is 14.3 Å². The lowest BCUT2D eigenvalue weighted by Crippen LogP contribution is -2.22. The zero-order chi connectivity index (χ0) is 20.5. The first kappa shape index (κ1) is 21.3. The number of rotatable bonds is 9. The third kappa shape index (κ3) is 5.74. The Hall–Kier alpha value is -3.02. The van der Waals surface area contributed by atoms with Crippen LogP contribution in [0.1, 0.15) is 36.2 Å². The third-order valence-electron chi connectivity index (χ3n) is 4.60. The van der Waals surface area contributed by atoms with Crippen molar-refractivity contribution >= 4 is 28.9 Å². The molecule has 6 heteroatoms. The Bertz CT molecular complexity index is 799. The lowest BCUT2D eigenvalue weighted by atomic mass is 10.1. The zero-order valence-corrected chi connectivity index (χ0v) is 17.0. The predicted molar refractivity (Wildman–Crippen MR) is 114 cm³/mol. The summed E-state index contributed by atoms with van der Waals surface area (Å²) < 4.78 is 4.66. The summed E-state index contributed by atoms with van der Waals surface area (Å²) in [4.78, 5) is 25.9. The molecule has 0 atom stereocenters. The van der Waals surface area contributed by atoms with Crippen molar-refractivity contribution in [3.63, 3.8) is 0 Å². The van der Waals surface area contributed by atoms with E-state index >= 15 is 0 Å². The Kier molecular flexibility index (Phi) is 7.87. The molecule has 0 spiro atoms. The number of esters is 1. The van der Waals surface area contributed by atoms with Crippen LogP contribution in [0.25, 0.3) is 0 Å². The van der Waals surface area contributed by atoms with Crippen molar-refractivity contribution in [3.05, 3.63) is 53.6 Å². The summed E-state index contributed by atoms with van der Waals surface area (Å²) in [6.07, 6.45) is 0.343. The van der Waals surface area contributed by atoms with Gasteiger partial charge in [-0.1, -0.05) is 0 Å². The van der Waals surface area contributed by atoms with E-state index in [0.29, 0.717) is 24.2 Å². The predicted octanol–water partition coefficient (Wildman–Crippen LogP) is 4.07. The number of amides is 1. The van der Waals surface area contributed by atoms with Crippen LogP contribution in [0, 0.1) is 6.92 Å². The third-order valence-corrected chi connectivity index (χ3v) is 4.60. The maximum absolute atomic E-state index is 12.1. The molecule has 0 unspecified atom stereocenters. The topological polar surface area (TPSA) is 70.7 Å². The average molecular weight is 383 g/mol. The molecule has 0 aliphatic rings. The molecule has 0 aliphatic carbocycles. The molecule has 2 rings (SSSR count). The lowest BCUT2D eigenvalue weighted by molar-refractivity contribution is -0.115. The quantitative estimate of drug-likeness (QED) is 0.639. The second-order valence-corrected chi connectivity index (χ2v) is 6.47. The summed E-state index contributed by atoms with van der Waals surface area (Å²) in [5.41, 5.74) is 4.50. The Morgan fingerprint density at radius 3 is 2.29 bits per heavy atom. The van der Waals surface area contributed by atoms with Crippen LogP contribution in [-0.4, -0.2) is 38.6 Å². The van der Waals surface area contributed by atoms with Gasteiger partial charge in [0.05, 0.1) is 12.7 Å². The highest BCUT2D eigenvalue weighted by molar-refractivity contribution is 5.93. The largest absolute Gasteiger partial charge is 0.465 e. The monoisotopic (exact) mass is 383 g/mol. The van der Waals surface area contributed by atoms with Gasteiger partial charge in [-0.3, -0.25) is 4.79 Å². The van der Waals surface area contributed by atoms with Gasteiger partial charge in [-0.05, 0) is 68.8 Å². The molecule has 0 saturated heterocycles. The molecule has 0 saturated carbocycles. The van der Waals surface area contributed by atoms with Gasteiger partial charge in [0.2, 0.25) is 5.91 Å². The second-order valence-electron chi connectivity index (χ2n) is 6.47. The van der Waals surface area contributed by atoms with Gasteiger partial charge in [0.1, 0.15) is 0 Å². The maximum Gasteiger partial charge on any atom is 0.337 e. The number of carbonyl (C=O) groups is 2. The van der Waals surface area contributed by atoms with E-state index in [1.54, 1.807) is 24.3 Å². The summed E-state index contributed by atoms with van der Waals surface area (Å²) >= 11 is 0. The van der Waals surface area contributed by atoms with E-state index < -0.39 is 5.97 Å². The van der Waals surface area contributed by atoms with Gasteiger partial charge >= 0.3 is 5.97 Å². The van der Waals surface area contributed by atoms with E-state index in [1.807, 2.05) is 0 Å². The van der Waals surface area contributed by atoms with Crippen molar-refractivity contribution in [3.8, 4) is 0 Å². The number of benzene rings is 2. The molecule has 2 N–H and O–H groups in total. The van der Waals surface area contributed by atoms with E-state index in [-0.39, 0.29) is 5.91 Å². The van der Waals surface area contributed by atoms with Crippen LogP contribution in [0.4, 0.5) is 17.1 Å². The highest BCUT2D eigenvalue weighted by atomic mass is 16.5. The number of nitrogens with one attached hydrogen (secondary N) is 2. The van der Waals surface area contributed by atoms with Crippen molar-refractivity contribution in [1.82, 2.24) is 0 Å². The fourth-order valence-corrected chi connectivity index (χ4v) is 2.97. The van der Waals surface area contributed by atoms with E-state index in [4.69, 9.17) is 0 Å². The molecule has 150 valence electrons. The minimum Gasteiger partial charge on any atom is -0.465 e. The summed E-state index contributed by atoms with van der Waals surface area (Å²) in [6, 6.07) is 13.0. The molecule has 28 heavy (non-hydrogen) atoms. The Morgan fingerprint density at radius 1 is 1.04 bits per heavy atom. The summed E-state index contributed by atoms with van der Waals surface area (Å²) in [6.45, 7) is 8.85. The number of aryl methyl sites for hydroxylation is 1. The van der Waals surface area contributed by atoms with E-state index in [1.165, 1.54) is 12.8 Å². The van der Waals surface area contributed by atoms with Crippen LogP contribution in [-0.2, 0) is 9.53 Å². The Labute approximate surface area is 166 Å². The van der Waals surface area contributed by atoms with E-state index in [2.05, 4.69) is 59.2 Å². The van der Waals surface area contributed by atoms with E-state index in [0.717, 1.165) is 24.3 Å². The maximum atomic E-state index is 12.1. The van der Waals surface area contributed by atoms with Gasteiger partial charge in [-0.25, -0.2) is 4.79 Å². The van der Waals surface area contributed by atoms with Crippen LogP contribution in [0.3, 0.4) is 0 Å². The first-order valence-corrected chi connectivity index (χ1v) is 9.56. The summed E-state index contributed by atoms with van der Waals surface area (Å²) in [7, 11) is 1.34. The SMILES string of the molecule is CCN(CC)c1ccc(NCCC(=O)Nc2ccc(C(=O)OC)cc2)c(C)c1. The van der Waals surface area contributed by atoms with Gasteiger partial charge in [-0.2, -0.15) is 0 Å². The minimum atomic E-state index is -0.399. The fraction of sp³-hybridized carbons (Fsp3) is 0.364. The molecule has 0 heterocycles. The number of hydrogen-bond acceptors (Lipinski definition) is 5. The number of methoxy groups -OCH3 is 1. The van der Waals surface area contributed by atoms with Gasteiger partial charge in [-0.15, -0.1) is 0 Å². The summed E-state index contributed by atoms with van der Waals surface area (Å²) in [5.74, 6) is -0.486. The minimum absolute atomic E-state index is 0.0873. The molecule has 1 amide bonds. The Morgan fingerprint density at radius 2 is 1.71 bits per heavy atom. The van der Waals surface area contributed by atoms with Crippen LogP contribution in [0.15, 0.2) is 42.5 Å². The van der Waals surface area contributed by atoms with Gasteiger partial charge in [0.15, 0.2) is 0 Å². The van der Waals surface area contributed by atoms with Crippen molar-refractivity contribution in [2.75, 3.05) is 42.3 Å². The van der Waals surface area contributed by atoms with Crippen LogP contribution < -0.4 is 15.5 Å². The number of carbonyl (C=O) groups excluding carboxylic acids is 2. The highest BCUT2D eigenvalue weighted by Crippen LogP contribution is 2.22. The number of anilines is 3. The molecule has 2 aromatic carbocycles. The smallest absolute Gasteiger partial charge is 0.337 e. The molecule has 0 radical (unpaired) electrons. The van der Waals surface area contributed by atoms with Gasteiger partial charge in [0.25, 0.3) is 0 Å². The van der Waals surface area contributed by atoms with E-state index in [9.17, 15) is 9.59 Å². The first-order valence-electron chi connectivity index (χ1n) is 9.56. The van der Waals surface area contributed by atoms with Gasteiger partial charge < -0.3 is 20.3 Å². The Balaban J connectivity index is 1.84. The molecule has 0 fully saturated rings. The van der Waals surface area contributed by atoms with Crippen molar-refractivity contribution in [1.29, 1.82) is 0 Å². The molecule has 0 aromatic heterocycles. The standard InChI is InChI=1S/C22H29N3O3/c1-5-25(6-2)19-11-12-20(16(3)15-19)23-14-13-21(26)24-18-9-7-17(8-10-18)22(27)28-4/h7-12,15,23H,5-6,13-14H2,1-4H3,(H,24,26). The van der Waals surface area contributed by atoms with Crippen molar-refractivity contribution in [2.45, 2.75) is 27.2 Å². The number of nitrogens with zero attached hydrogens (tertiary/aromatic N) is 1. The van der Waals surface area contributed by atoms with Crippen LogP contribution >= 0.6 is 0 Å². The number of hydrogen-bond donors (Lipinski definition) is 2. The molecular weight excluding hydrogens is 354 g/mol. The van der Waals surface area contributed by atoms with Crippen LogP contribution in [0.2, 0.25) is 0 Å². The molecule has 0 bridgehead atoms. The van der Waals surface area contributed by atoms with Crippen LogP contribution in [0.5, 0.6) is 0 Å². The summed E-state index contributed by atoms with van der Waals surface area (Å²) in [5, 5.41) is 6.15. The van der Waals surface area contributed by atoms with Crippen molar-refractivity contribution in [2.24, 2.45) is 0 Å². The lowest BCUT2D eigenvalue weighted by Gasteiger charge is -2.22. The fourth-order valence-electron chi connectivity index (χ4n) is 2.97. The molecule has 6 nitrogen and oxygen atoms in total. The second kappa shape index (κ2) is 10.3. The number of ether oxygens (including phenoxy) is 1. The molecule has 0 aliphatic heterocycles. The molecule has 2 aromatic rings. The zero-order valence-electron chi connectivity index (χ0n) is 17.0.